The highest BCUT2D eigenvalue weighted by Gasteiger charge is 2.24. The molecule has 12 heteroatoms. The van der Waals surface area contributed by atoms with Crippen molar-refractivity contribution < 1.29 is 13.4 Å². The van der Waals surface area contributed by atoms with Gasteiger partial charge in [-0.15, -0.1) is 0 Å². The molecule has 6 rings (SSSR count). The Morgan fingerprint density at radius 3 is 2.95 bits per heavy atom. The average molecular weight is 525 g/mol. The van der Waals surface area contributed by atoms with Crippen molar-refractivity contribution in [3.8, 4) is 11.5 Å². The normalized spacial score (nSPS) is 17.2. The number of aromatic amines is 1. The van der Waals surface area contributed by atoms with Crippen molar-refractivity contribution in [1.82, 2.24) is 29.5 Å². The van der Waals surface area contributed by atoms with Crippen LogP contribution in [0, 0.1) is 6.92 Å². The van der Waals surface area contributed by atoms with Gasteiger partial charge in [0.1, 0.15) is 16.5 Å². The molecule has 0 spiro atoms. The Kier molecular flexibility index (Phi) is 4.99. The summed E-state index contributed by atoms with van der Waals surface area (Å²) in [4.78, 5) is 32.0. The molecule has 1 aromatic carbocycles. The minimum Gasteiger partial charge on any atom is -0.383 e. The summed E-state index contributed by atoms with van der Waals surface area (Å²) in [6, 6.07) is 6.85. The monoisotopic (exact) mass is 524 g/mol. The van der Waals surface area contributed by atoms with Crippen LogP contribution in [0.2, 0.25) is 5.15 Å². The standard InChI is InChI=1S/C25H24ClN7O4/c1-13-9-14(5-7-27-18-3-4-19(26)29-21(18)22-30-25(35)37-31-22)20-16(10-13)24(34)32(2)23-17(20)11-28-33(23)15-6-8-36-12-15/h3-4,9-11,15,27H,5-8,12H2,1-2H3,(H,30,31,35)/t15-/m0/s1/i2D3. The maximum atomic E-state index is 13.7. The van der Waals surface area contributed by atoms with Crippen molar-refractivity contribution in [2.75, 3.05) is 25.1 Å². The highest BCUT2D eigenvalue weighted by atomic mass is 35.5. The van der Waals surface area contributed by atoms with Crippen molar-refractivity contribution in [1.29, 1.82) is 0 Å². The third-order valence-corrected chi connectivity index (χ3v) is 6.75. The van der Waals surface area contributed by atoms with E-state index in [0.29, 0.717) is 60.1 Å². The Hall–Kier alpha value is -3.96. The van der Waals surface area contributed by atoms with Crippen molar-refractivity contribution in [3.63, 3.8) is 0 Å². The van der Waals surface area contributed by atoms with E-state index in [0.717, 1.165) is 15.7 Å². The van der Waals surface area contributed by atoms with Gasteiger partial charge in [0.2, 0.25) is 5.82 Å². The number of hydrogen-bond acceptors (Lipinski definition) is 8. The van der Waals surface area contributed by atoms with Crippen LogP contribution in [-0.2, 0) is 18.1 Å². The molecular weight excluding hydrogens is 498 g/mol. The van der Waals surface area contributed by atoms with Crippen LogP contribution >= 0.6 is 11.6 Å². The summed E-state index contributed by atoms with van der Waals surface area (Å²) in [5.41, 5.74) is 2.21. The van der Waals surface area contributed by atoms with Crippen molar-refractivity contribution in [2.24, 2.45) is 6.98 Å². The predicted octanol–water partition coefficient (Wildman–Crippen LogP) is 3.20. The number of aryl methyl sites for hydroxylation is 2. The fourth-order valence-corrected chi connectivity index (χ4v) is 5.07. The summed E-state index contributed by atoms with van der Waals surface area (Å²) >= 11 is 6.07. The van der Waals surface area contributed by atoms with Gasteiger partial charge in [-0.1, -0.05) is 28.4 Å². The number of pyridine rings is 2. The zero-order valence-corrected chi connectivity index (χ0v) is 20.5. The number of rotatable bonds is 6. The number of anilines is 1. The van der Waals surface area contributed by atoms with E-state index in [1.807, 2.05) is 13.0 Å². The fourth-order valence-electron chi connectivity index (χ4n) is 4.92. The van der Waals surface area contributed by atoms with Gasteiger partial charge in [-0.05, 0) is 43.5 Å². The average Bonchev–Trinajstić information content (AvgIpc) is 3.65. The molecular formula is C25H24ClN7O4. The quantitative estimate of drug-likeness (QED) is 0.323. The van der Waals surface area contributed by atoms with Gasteiger partial charge in [-0.25, -0.2) is 14.5 Å². The van der Waals surface area contributed by atoms with Crippen LogP contribution in [0.5, 0.6) is 0 Å². The lowest BCUT2D eigenvalue weighted by Crippen LogP contribution is -2.22. The number of nitrogens with zero attached hydrogens (tertiary/aromatic N) is 5. The summed E-state index contributed by atoms with van der Waals surface area (Å²) in [6.07, 6.45) is 2.77. The number of halogens is 1. The van der Waals surface area contributed by atoms with E-state index in [1.54, 1.807) is 29.1 Å². The topological polar surface area (TPSA) is 133 Å². The minimum absolute atomic E-state index is 0.131. The van der Waals surface area contributed by atoms with E-state index >= 15 is 0 Å². The van der Waals surface area contributed by atoms with E-state index in [4.69, 9.17) is 20.5 Å². The van der Waals surface area contributed by atoms with Gasteiger partial charge >= 0.3 is 5.76 Å². The fraction of sp³-hybridized carbons (Fsp3) is 0.320. The van der Waals surface area contributed by atoms with E-state index in [-0.39, 0.29) is 22.7 Å². The third kappa shape index (κ3) is 4.09. The molecule has 1 atom stereocenters. The first-order valence-corrected chi connectivity index (χ1v) is 12.1. The smallest absolute Gasteiger partial charge is 0.383 e. The van der Waals surface area contributed by atoms with Crippen LogP contribution in [0.1, 0.15) is 27.7 Å². The second-order valence-corrected chi connectivity index (χ2v) is 9.37. The maximum Gasteiger partial charge on any atom is 0.439 e. The second-order valence-electron chi connectivity index (χ2n) is 8.98. The van der Waals surface area contributed by atoms with Gasteiger partial charge in [0.15, 0.2) is 0 Å². The molecule has 0 unspecified atom stereocenters. The first kappa shape index (κ1) is 20.1. The Morgan fingerprint density at radius 1 is 1.30 bits per heavy atom. The van der Waals surface area contributed by atoms with Gasteiger partial charge in [0.05, 0.1) is 24.5 Å². The molecule has 1 aliphatic heterocycles. The molecule has 0 radical (unpaired) electrons. The molecule has 2 N–H and O–H groups in total. The zero-order chi connectivity index (χ0) is 28.2. The number of hydrogen-bond donors (Lipinski definition) is 2. The lowest BCUT2D eigenvalue weighted by atomic mass is 9.98. The first-order valence-electron chi connectivity index (χ1n) is 13.2. The Bertz CT molecular complexity index is 1870. The van der Waals surface area contributed by atoms with Gasteiger partial charge in [0, 0.05) is 40.4 Å². The number of ether oxygens (including phenoxy) is 1. The SMILES string of the molecule is [2H]C([2H])([2H])n1c(=O)c2cc(C)cc(CCNc3ccc(Cl)nc3-c3noc(=O)[nH]3)c2c2cnn([C@H]3CCOC3)c21. The van der Waals surface area contributed by atoms with Crippen LogP contribution in [-0.4, -0.2) is 49.2 Å². The molecule has 1 saturated heterocycles. The molecule has 1 aliphatic rings. The van der Waals surface area contributed by atoms with Gasteiger partial charge < -0.3 is 10.1 Å². The minimum atomic E-state index is -2.70. The first-order chi connectivity index (χ1) is 19.1. The highest BCUT2D eigenvalue weighted by Crippen LogP contribution is 2.31. The highest BCUT2D eigenvalue weighted by molar-refractivity contribution is 6.29. The lowest BCUT2D eigenvalue weighted by molar-refractivity contribution is 0.185. The van der Waals surface area contributed by atoms with Gasteiger partial charge in [0.25, 0.3) is 5.56 Å². The Morgan fingerprint density at radius 2 is 2.19 bits per heavy atom. The molecule has 0 aliphatic carbocycles. The molecule has 0 saturated carbocycles. The zero-order valence-electron chi connectivity index (χ0n) is 22.7. The summed E-state index contributed by atoms with van der Waals surface area (Å²) in [5, 5.41) is 13.3. The molecule has 1 fully saturated rings. The predicted molar refractivity (Wildman–Crippen MR) is 139 cm³/mol. The number of fused-ring (bicyclic) bond motifs is 3. The van der Waals surface area contributed by atoms with Gasteiger partial charge in [-0.2, -0.15) is 5.10 Å². The molecule has 0 amide bonds. The largest absolute Gasteiger partial charge is 0.439 e. The molecule has 190 valence electrons. The van der Waals surface area contributed by atoms with E-state index in [2.05, 4.69) is 30.1 Å². The van der Waals surface area contributed by atoms with Crippen molar-refractivity contribution in [2.45, 2.75) is 25.8 Å². The number of H-pyrrole nitrogens is 1. The number of aromatic nitrogens is 6. The Balaban J connectivity index is 1.44. The molecule has 0 bridgehead atoms. The van der Waals surface area contributed by atoms with E-state index in [1.165, 1.54) is 0 Å². The van der Waals surface area contributed by atoms with Crippen LogP contribution in [0.25, 0.3) is 33.3 Å². The molecule has 5 heterocycles. The molecule has 5 aromatic rings. The van der Waals surface area contributed by atoms with Gasteiger partial charge in [-0.3, -0.25) is 18.9 Å². The third-order valence-electron chi connectivity index (χ3n) is 6.54. The van der Waals surface area contributed by atoms with E-state index in [9.17, 15) is 9.59 Å². The maximum absolute atomic E-state index is 13.7. The molecule has 37 heavy (non-hydrogen) atoms. The summed E-state index contributed by atoms with van der Waals surface area (Å²) in [7, 11) is 0. The van der Waals surface area contributed by atoms with Crippen LogP contribution < -0.4 is 16.6 Å². The summed E-state index contributed by atoms with van der Waals surface area (Å²) in [6.45, 7) is 0.499. The number of benzene rings is 1. The molecule has 11 nitrogen and oxygen atoms in total. The Labute approximate surface area is 219 Å². The van der Waals surface area contributed by atoms with Crippen LogP contribution in [0.15, 0.2) is 44.6 Å². The molecule has 4 aromatic heterocycles. The number of nitrogens with one attached hydrogen (secondary N) is 2. The van der Waals surface area contributed by atoms with Crippen molar-refractivity contribution in [3.05, 3.63) is 67.6 Å². The summed E-state index contributed by atoms with van der Waals surface area (Å²) in [5.74, 6) is -0.586. The second kappa shape index (κ2) is 9.16. The van der Waals surface area contributed by atoms with Crippen LogP contribution in [0.4, 0.5) is 5.69 Å². The van der Waals surface area contributed by atoms with Crippen LogP contribution in [0.3, 0.4) is 0 Å². The summed E-state index contributed by atoms with van der Waals surface area (Å²) < 4.78 is 37.1. The lowest BCUT2D eigenvalue weighted by Gasteiger charge is -2.16. The van der Waals surface area contributed by atoms with Crippen molar-refractivity contribution >= 4 is 39.1 Å². The van der Waals surface area contributed by atoms with E-state index < -0.39 is 18.3 Å².